The van der Waals surface area contributed by atoms with Gasteiger partial charge in [0.2, 0.25) is 0 Å². The number of hydrogen-bond donors (Lipinski definition) is 0. The Hall–Kier alpha value is -7.20. The first-order valence-electron chi connectivity index (χ1n) is 19.4. The van der Waals surface area contributed by atoms with Gasteiger partial charge in [0.15, 0.2) is 0 Å². The summed E-state index contributed by atoms with van der Waals surface area (Å²) in [6.07, 6.45) is 0. The number of nitrogens with zero attached hydrogens (tertiary/aromatic N) is 2. The first kappa shape index (κ1) is 33.2. The van der Waals surface area contributed by atoms with E-state index in [0.29, 0.717) is 0 Å². The highest BCUT2D eigenvalue weighted by molar-refractivity contribution is 7.26. The zero-order chi connectivity index (χ0) is 37.7. The first-order chi connectivity index (χ1) is 28.3. The van der Waals surface area contributed by atoms with Crippen molar-refractivity contribution in [2.24, 2.45) is 0 Å². The summed E-state index contributed by atoms with van der Waals surface area (Å²) in [6.45, 7) is 0. The molecule has 11 aromatic rings. The Morgan fingerprint density at radius 3 is 1.74 bits per heavy atom. The largest absolute Gasteiger partial charge is 0.309 e. The predicted molar refractivity (Wildman–Crippen MR) is 245 cm³/mol. The number of rotatable bonds is 7. The molecular formula is C54H36N2S. The molecule has 0 amide bonds. The third kappa shape index (κ3) is 5.63. The fourth-order valence-electron chi connectivity index (χ4n) is 8.59. The molecule has 11 rings (SSSR count). The van der Waals surface area contributed by atoms with Crippen molar-refractivity contribution in [3.8, 4) is 39.1 Å². The molecular weight excluding hydrogens is 709 g/mol. The van der Waals surface area contributed by atoms with Crippen LogP contribution in [0.2, 0.25) is 0 Å². The lowest BCUT2D eigenvalue weighted by atomic mass is 9.98. The Kier molecular flexibility index (Phi) is 8.04. The molecule has 57 heavy (non-hydrogen) atoms. The van der Waals surface area contributed by atoms with Crippen LogP contribution in [0.15, 0.2) is 218 Å². The van der Waals surface area contributed by atoms with E-state index in [-0.39, 0.29) is 0 Å². The molecule has 0 saturated heterocycles. The summed E-state index contributed by atoms with van der Waals surface area (Å²) in [5, 5.41) is 5.01. The molecule has 0 radical (unpaired) electrons. The smallest absolute Gasteiger partial charge is 0.0640 e. The minimum Gasteiger partial charge on any atom is -0.309 e. The number of benzene rings is 9. The van der Waals surface area contributed by atoms with Crippen molar-refractivity contribution in [2.75, 3.05) is 4.90 Å². The Labute approximate surface area is 335 Å². The molecule has 2 aromatic heterocycles. The molecule has 0 saturated carbocycles. The van der Waals surface area contributed by atoms with E-state index in [1.807, 2.05) is 11.3 Å². The van der Waals surface area contributed by atoms with Gasteiger partial charge < -0.3 is 9.47 Å². The minimum atomic E-state index is 1.10. The number of hydrogen-bond acceptors (Lipinski definition) is 2. The first-order valence-corrected chi connectivity index (χ1v) is 20.3. The molecule has 0 N–H and O–H groups in total. The van der Waals surface area contributed by atoms with E-state index in [2.05, 4.69) is 228 Å². The zero-order valence-electron chi connectivity index (χ0n) is 31.1. The second-order valence-electron chi connectivity index (χ2n) is 14.5. The average Bonchev–Trinajstić information content (AvgIpc) is 3.83. The van der Waals surface area contributed by atoms with Crippen LogP contribution < -0.4 is 4.90 Å². The van der Waals surface area contributed by atoms with Gasteiger partial charge in [0.05, 0.1) is 32.8 Å². The van der Waals surface area contributed by atoms with Gasteiger partial charge >= 0.3 is 0 Å². The van der Waals surface area contributed by atoms with E-state index in [0.717, 1.165) is 28.3 Å². The highest BCUT2D eigenvalue weighted by atomic mass is 32.1. The number of anilines is 3. The second-order valence-corrected chi connectivity index (χ2v) is 15.5. The van der Waals surface area contributed by atoms with E-state index in [9.17, 15) is 0 Å². The summed E-state index contributed by atoms with van der Waals surface area (Å²) in [4.78, 5) is 2.49. The van der Waals surface area contributed by atoms with Gasteiger partial charge in [-0.25, -0.2) is 0 Å². The van der Waals surface area contributed by atoms with Gasteiger partial charge in [-0.1, -0.05) is 176 Å². The lowest BCUT2D eigenvalue weighted by molar-refractivity contribution is 1.18. The SMILES string of the molecule is c1ccc(-c2ccc(-c3ccccc3)c(-n3c4ccccc4c4ccc(N(c5ccccc5-c5ccccc5)c5cccc6c5sc5ccccc56)cc43)c2)cc1. The second kappa shape index (κ2) is 13.8. The van der Waals surface area contributed by atoms with Crippen LogP contribution in [-0.4, -0.2) is 4.57 Å². The molecule has 0 aliphatic heterocycles. The van der Waals surface area contributed by atoms with Gasteiger partial charge in [-0.3, -0.25) is 0 Å². The van der Waals surface area contributed by atoms with Gasteiger partial charge in [0.1, 0.15) is 0 Å². The molecule has 0 bridgehead atoms. The van der Waals surface area contributed by atoms with Gasteiger partial charge in [-0.15, -0.1) is 11.3 Å². The summed E-state index contributed by atoms with van der Waals surface area (Å²) in [5.74, 6) is 0. The molecule has 0 spiro atoms. The van der Waals surface area contributed by atoms with Crippen LogP contribution in [0.25, 0.3) is 81.0 Å². The van der Waals surface area contributed by atoms with E-state index in [4.69, 9.17) is 0 Å². The van der Waals surface area contributed by atoms with Crippen molar-refractivity contribution < 1.29 is 0 Å². The highest BCUT2D eigenvalue weighted by Crippen LogP contribution is 2.48. The van der Waals surface area contributed by atoms with Gasteiger partial charge in [0.25, 0.3) is 0 Å². The monoisotopic (exact) mass is 744 g/mol. The third-order valence-electron chi connectivity index (χ3n) is 11.2. The van der Waals surface area contributed by atoms with Crippen molar-refractivity contribution in [2.45, 2.75) is 0 Å². The van der Waals surface area contributed by atoms with Gasteiger partial charge in [-0.05, 0) is 64.7 Å². The van der Waals surface area contributed by atoms with Gasteiger partial charge in [-0.2, -0.15) is 0 Å². The molecule has 0 unspecified atom stereocenters. The maximum Gasteiger partial charge on any atom is 0.0640 e. The van der Waals surface area contributed by atoms with E-state index >= 15 is 0 Å². The fourth-order valence-corrected chi connectivity index (χ4v) is 9.80. The topological polar surface area (TPSA) is 8.17 Å². The van der Waals surface area contributed by atoms with Crippen LogP contribution in [-0.2, 0) is 0 Å². The third-order valence-corrected chi connectivity index (χ3v) is 12.4. The van der Waals surface area contributed by atoms with Crippen LogP contribution in [0.3, 0.4) is 0 Å². The molecule has 0 atom stereocenters. The lowest BCUT2D eigenvalue weighted by Gasteiger charge is -2.28. The molecule has 0 fully saturated rings. The Morgan fingerprint density at radius 1 is 0.351 bits per heavy atom. The predicted octanol–water partition coefficient (Wildman–Crippen LogP) is 15.6. The zero-order valence-corrected chi connectivity index (χ0v) is 31.9. The van der Waals surface area contributed by atoms with E-state index < -0.39 is 0 Å². The fraction of sp³-hybridized carbons (Fsp3) is 0. The normalized spacial score (nSPS) is 11.5. The van der Waals surface area contributed by atoms with Crippen LogP contribution in [0, 0.1) is 0 Å². The number of aromatic nitrogens is 1. The summed E-state index contributed by atoms with van der Waals surface area (Å²) in [6, 6.07) is 79.4. The molecule has 9 aromatic carbocycles. The van der Waals surface area contributed by atoms with Crippen molar-refractivity contribution in [1.29, 1.82) is 0 Å². The Balaban J connectivity index is 1.22. The lowest BCUT2D eigenvalue weighted by Crippen LogP contribution is -2.11. The van der Waals surface area contributed by atoms with Crippen molar-refractivity contribution >= 4 is 70.4 Å². The molecule has 2 nitrogen and oxygen atoms in total. The van der Waals surface area contributed by atoms with Crippen molar-refractivity contribution in [3.05, 3.63) is 218 Å². The number of fused-ring (bicyclic) bond motifs is 6. The summed E-state index contributed by atoms with van der Waals surface area (Å²) >= 11 is 1.87. The maximum absolute atomic E-state index is 2.49. The minimum absolute atomic E-state index is 1.10. The summed E-state index contributed by atoms with van der Waals surface area (Å²) in [5.41, 5.74) is 14.0. The van der Waals surface area contributed by atoms with Crippen LogP contribution in [0.4, 0.5) is 17.1 Å². The molecule has 0 aliphatic carbocycles. The van der Waals surface area contributed by atoms with Crippen LogP contribution >= 0.6 is 11.3 Å². The molecule has 3 heteroatoms. The molecule has 0 aliphatic rings. The maximum atomic E-state index is 2.49. The number of para-hydroxylation sites is 2. The van der Waals surface area contributed by atoms with E-state index in [1.54, 1.807) is 0 Å². The summed E-state index contributed by atoms with van der Waals surface area (Å²) < 4.78 is 5.05. The van der Waals surface area contributed by atoms with Gasteiger partial charge in [0, 0.05) is 43.1 Å². The average molecular weight is 745 g/mol. The standard InChI is InChI=1S/C54H36N2S/c1-4-17-37(18-5-1)40-31-33-43(39-21-8-3-9-22-39)51(35-40)56-49-28-14-11-24-44(49)45-34-32-41(36-52(45)56)55(48-27-13-10-23-42(48)38-19-6-2-7-20-38)50-29-16-26-47-46-25-12-15-30-53(46)57-54(47)50/h1-36H. The quantitative estimate of drug-likeness (QED) is 0.158. The Morgan fingerprint density at radius 2 is 0.947 bits per heavy atom. The molecule has 2 heterocycles. The van der Waals surface area contributed by atoms with Crippen LogP contribution in [0.1, 0.15) is 0 Å². The molecule has 268 valence electrons. The van der Waals surface area contributed by atoms with E-state index in [1.165, 1.54) is 69.8 Å². The van der Waals surface area contributed by atoms with Crippen molar-refractivity contribution in [1.82, 2.24) is 4.57 Å². The number of thiophene rings is 1. The summed E-state index contributed by atoms with van der Waals surface area (Å²) in [7, 11) is 0. The Bertz CT molecular complexity index is 3230. The van der Waals surface area contributed by atoms with Crippen molar-refractivity contribution in [3.63, 3.8) is 0 Å². The highest BCUT2D eigenvalue weighted by Gasteiger charge is 2.23. The van der Waals surface area contributed by atoms with Crippen LogP contribution in [0.5, 0.6) is 0 Å².